The van der Waals surface area contributed by atoms with E-state index in [1.54, 1.807) is 0 Å². The third-order valence-electron chi connectivity index (χ3n) is 9.05. The van der Waals surface area contributed by atoms with E-state index in [0.717, 1.165) is 83.5 Å². The molecule has 0 aliphatic heterocycles. The van der Waals surface area contributed by atoms with Crippen molar-refractivity contribution in [3.8, 4) is 0 Å². The number of esters is 2. The van der Waals surface area contributed by atoms with Gasteiger partial charge in [-0.1, -0.05) is 140 Å². The molecule has 0 saturated heterocycles. The summed E-state index contributed by atoms with van der Waals surface area (Å²) in [5, 5.41) is 8.88. The molecule has 0 fully saturated rings. The van der Waals surface area contributed by atoms with Crippen molar-refractivity contribution in [2.24, 2.45) is 5.73 Å². The molecule has 0 aliphatic rings. The fraction of sp³-hybridized carbons (Fsp3) is 0.750. The fourth-order valence-corrected chi connectivity index (χ4v) is 6.37. The van der Waals surface area contributed by atoms with Crippen molar-refractivity contribution in [3.05, 3.63) is 48.6 Å². The van der Waals surface area contributed by atoms with Crippen LogP contribution in [0.3, 0.4) is 0 Å². The summed E-state index contributed by atoms with van der Waals surface area (Å²) in [6.07, 6.45) is 43.1. The van der Waals surface area contributed by atoms with Crippen LogP contribution in [0.1, 0.15) is 181 Å². The summed E-state index contributed by atoms with van der Waals surface area (Å²) in [6.45, 7) is 2.73. The first-order valence-corrected chi connectivity index (χ1v) is 23.2. The van der Waals surface area contributed by atoms with Gasteiger partial charge in [0.15, 0.2) is 6.10 Å². The molecule has 324 valence electrons. The minimum Gasteiger partial charge on any atom is -0.480 e. The summed E-state index contributed by atoms with van der Waals surface area (Å²) in [6, 6.07) is -1.53. The number of carbonyl (C=O) groups is 3. The Bertz CT molecular complexity index is 1140. The number of aliphatic carboxylic acids is 1. The van der Waals surface area contributed by atoms with Crippen molar-refractivity contribution >= 4 is 25.7 Å². The number of unbranched alkanes of at least 4 members (excludes halogenated alkanes) is 18. The second kappa shape index (κ2) is 39.3. The standard InChI is InChI=1S/C44H78NO10P/c1-3-5-7-9-11-13-15-17-19-20-22-23-25-27-29-31-33-35-42(46)52-37-40(38-53-56(50,51)54-39-41(45)44(48)49)55-43(47)36-34-32-30-28-26-24-21-18-16-14-12-10-8-6-4-2/h11,13,17-19,21-23,40-41H,3-10,12,14-16,20,24-39,45H2,1-2H3,(H,48,49)(H,50,51)/b13-11+,19-17+,21-18+,23-22+/t40-,41+/m1/s1. The molecule has 1 unspecified atom stereocenters. The lowest BCUT2D eigenvalue weighted by Crippen LogP contribution is -2.34. The Balaban J connectivity index is 4.43. The van der Waals surface area contributed by atoms with E-state index in [1.165, 1.54) is 57.8 Å². The first kappa shape index (κ1) is 53.4. The maximum absolute atomic E-state index is 12.6. The zero-order valence-electron chi connectivity index (χ0n) is 35.0. The molecule has 4 N–H and O–H groups in total. The number of phosphoric ester groups is 1. The molecule has 0 radical (unpaired) electrons. The number of ether oxygens (including phenoxy) is 2. The summed E-state index contributed by atoms with van der Waals surface area (Å²) < 4.78 is 32.7. The quantitative estimate of drug-likeness (QED) is 0.0233. The van der Waals surface area contributed by atoms with E-state index in [2.05, 4.69) is 67.0 Å². The number of carboxylic acids is 1. The van der Waals surface area contributed by atoms with E-state index in [0.29, 0.717) is 12.8 Å². The number of nitrogens with two attached hydrogens (primary N) is 1. The molecular formula is C44H78NO10P. The Hall–Kier alpha value is -2.56. The minimum absolute atomic E-state index is 0.145. The van der Waals surface area contributed by atoms with Crippen LogP contribution in [0.15, 0.2) is 48.6 Å². The highest BCUT2D eigenvalue weighted by Gasteiger charge is 2.28. The van der Waals surface area contributed by atoms with Crippen molar-refractivity contribution < 1.29 is 47.5 Å². The van der Waals surface area contributed by atoms with Crippen molar-refractivity contribution in [2.75, 3.05) is 19.8 Å². The van der Waals surface area contributed by atoms with Crippen LogP contribution in [0.4, 0.5) is 0 Å². The molecule has 12 heteroatoms. The normalized spacial score (nSPS) is 14.2. The van der Waals surface area contributed by atoms with Gasteiger partial charge in [-0.15, -0.1) is 0 Å². The van der Waals surface area contributed by atoms with Crippen LogP contribution >= 0.6 is 7.82 Å². The number of hydrogen-bond donors (Lipinski definition) is 3. The highest BCUT2D eigenvalue weighted by Crippen LogP contribution is 2.43. The molecule has 0 spiro atoms. The van der Waals surface area contributed by atoms with Crippen LogP contribution < -0.4 is 5.73 Å². The largest absolute Gasteiger partial charge is 0.480 e. The number of rotatable bonds is 40. The summed E-state index contributed by atoms with van der Waals surface area (Å²) in [5.41, 5.74) is 5.33. The zero-order chi connectivity index (χ0) is 41.4. The Morgan fingerprint density at radius 1 is 0.554 bits per heavy atom. The Kier molecular flexibility index (Phi) is 37.5. The number of allylic oxidation sites excluding steroid dienone is 8. The van der Waals surface area contributed by atoms with Crippen LogP contribution in [0.2, 0.25) is 0 Å². The molecule has 0 saturated carbocycles. The molecule has 3 atom stereocenters. The van der Waals surface area contributed by atoms with E-state index in [-0.39, 0.29) is 19.4 Å². The van der Waals surface area contributed by atoms with Crippen LogP contribution in [0.5, 0.6) is 0 Å². The first-order valence-electron chi connectivity index (χ1n) is 21.7. The van der Waals surface area contributed by atoms with Crippen LogP contribution in [-0.2, 0) is 37.5 Å². The van der Waals surface area contributed by atoms with Crippen molar-refractivity contribution in [1.82, 2.24) is 0 Å². The van der Waals surface area contributed by atoms with Crippen molar-refractivity contribution in [3.63, 3.8) is 0 Å². The monoisotopic (exact) mass is 812 g/mol. The molecule has 0 rings (SSSR count). The van der Waals surface area contributed by atoms with Gasteiger partial charge in [0, 0.05) is 12.8 Å². The highest BCUT2D eigenvalue weighted by atomic mass is 31.2. The zero-order valence-corrected chi connectivity index (χ0v) is 35.9. The number of carbonyl (C=O) groups excluding carboxylic acids is 2. The van der Waals surface area contributed by atoms with Gasteiger partial charge in [-0.25, -0.2) is 4.57 Å². The van der Waals surface area contributed by atoms with Gasteiger partial charge in [0.25, 0.3) is 0 Å². The van der Waals surface area contributed by atoms with Gasteiger partial charge >= 0.3 is 25.7 Å². The summed E-state index contributed by atoms with van der Waals surface area (Å²) in [5.74, 6) is -2.42. The second-order valence-corrected chi connectivity index (χ2v) is 15.9. The minimum atomic E-state index is -4.72. The predicted molar refractivity (Wildman–Crippen MR) is 226 cm³/mol. The van der Waals surface area contributed by atoms with Gasteiger partial charge in [0.1, 0.15) is 12.6 Å². The number of carboxylic acid groups (broad SMARTS) is 1. The Morgan fingerprint density at radius 2 is 0.946 bits per heavy atom. The van der Waals surface area contributed by atoms with Gasteiger partial charge in [0.05, 0.1) is 13.2 Å². The molecular weight excluding hydrogens is 733 g/mol. The Labute approximate surface area is 339 Å². The van der Waals surface area contributed by atoms with E-state index < -0.39 is 51.1 Å². The van der Waals surface area contributed by atoms with Crippen LogP contribution in [0, 0.1) is 0 Å². The van der Waals surface area contributed by atoms with Gasteiger partial charge in [-0.3, -0.25) is 23.4 Å². The van der Waals surface area contributed by atoms with Gasteiger partial charge < -0.3 is 25.2 Å². The number of hydrogen-bond acceptors (Lipinski definition) is 9. The van der Waals surface area contributed by atoms with E-state index in [1.807, 2.05) is 0 Å². The van der Waals surface area contributed by atoms with Crippen LogP contribution in [-0.4, -0.2) is 59.9 Å². The third-order valence-corrected chi connectivity index (χ3v) is 10.0. The van der Waals surface area contributed by atoms with E-state index in [4.69, 9.17) is 24.8 Å². The molecule has 0 heterocycles. The summed E-state index contributed by atoms with van der Waals surface area (Å²) >= 11 is 0. The smallest absolute Gasteiger partial charge is 0.472 e. The van der Waals surface area contributed by atoms with E-state index in [9.17, 15) is 23.8 Å². The summed E-state index contributed by atoms with van der Waals surface area (Å²) in [4.78, 5) is 45.9. The average molecular weight is 812 g/mol. The molecule has 11 nitrogen and oxygen atoms in total. The van der Waals surface area contributed by atoms with Crippen LogP contribution in [0.25, 0.3) is 0 Å². The molecule has 0 aromatic carbocycles. The molecule has 0 amide bonds. The van der Waals surface area contributed by atoms with Gasteiger partial charge in [-0.05, 0) is 77.0 Å². The molecule has 56 heavy (non-hydrogen) atoms. The van der Waals surface area contributed by atoms with Crippen molar-refractivity contribution in [2.45, 2.75) is 193 Å². The maximum Gasteiger partial charge on any atom is 0.472 e. The molecule has 0 aromatic heterocycles. The molecule has 0 aromatic rings. The average Bonchev–Trinajstić information content (AvgIpc) is 3.17. The first-order chi connectivity index (χ1) is 27.1. The van der Waals surface area contributed by atoms with Gasteiger partial charge in [0.2, 0.25) is 0 Å². The fourth-order valence-electron chi connectivity index (χ4n) is 5.59. The van der Waals surface area contributed by atoms with Crippen molar-refractivity contribution in [1.29, 1.82) is 0 Å². The lowest BCUT2D eigenvalue weighted by Gasteiger charge is -2.20. The van der Waals surface area contributed by atoms with E-state index >= 15 is 0 Å². The van der Waals surface area contributed by atoms with Gasteiger partial charge in [-0.2, -0.15) is 0 Å². The maximum atomic E-state index is 12.6. The lowest BCUT2D eigenvalue weighted by molar-refractivity contribution is -0.161. The second-order valence-electron chi connectivity index (χ2n) is 14.5. The molecule has 0 bridgehead atoms. The predicted octanol–water partition coefficient (Wildman–Crippen LogP) is 11.4. The SMILES string of the molecule is CCCCC/C=C/C/C=C/C/C=C/CCCCCCC(=O)OC[C@H](COP(=O)(O)OC[C@H](N)C(=O)O)OC(=O)CCCCCCC/C=C/CCCCCCCC. The lowest BCUT2D eigenvalue weighted by atomic mass is 10.1. The highest BCUT2D eigenvalue weighted by molar-refractivity contribution is 7.47. The Morgan fingerprint density at radius 3 is 1.46 bits per heavy atom. The topological polar surface area (TPSA) is 172 Å². The summed E-state index contributed by atoms with van der Waals surface area (Å²) in [7, 11) is -4.72. The molecule has 0 aliphatic carbocycles. The third kappa shape index (κ3) is 38.3. The number of phosphoric acid groups is 1.